The maximum absolute atomic E-state index is 12.8. The van der Waals surface area contributed by atoms with Crippen LogP contribution in [0.1, 0.15) is 30.9 Å². The highest BCUT2D eigenvalue weighted by molar-refractivity contribution is 5.99. The van der Waals surface area contributed by atoms with Crippen molar-refractivity contribution >= 4 is 11.7 Å². The third-order valence-electron chi connectivity index (χ3n) is 5.43. The zero-order valence-electron chi connectivity index (χ0n) is 15.9. The second kappa shape index (κ2) is 6.77. The van der Waals surface area contributed by atoms with Gasteiger partial charge in [0.1, 0.15) is 17.5 Å². The summed E-state index contributed by atoms with van der Waals surface area (Å²) < 4.78 is 7.00. The number of fused-ring (bicyclic) bond motifs is 1. The van der Waals surface area contributed by atoms with Crippen LogP contribution in [0.25, 0.3) is 11.4 Å². The van der Waals surface area contributed by atoms with Gasteiger partial charge in [-0.3, -0.25) is 4.79 Å². The van der Waals surface area contributed by atoms with Gasteiger partial charge in [0.15, 0.2) is 11.6 Å². The molecular weight excluding hydrogens is 368 g/mol. The number of anilines is 1. The van der Waals surface area contributed by atoms with Gasteiger partial charge in [-0.25, -0.2) is 4.68 Å². The number of phenolic OH excluding ortho intramolecular Hbond substituents is 1. The summed E-state index contributed by atoms with van der Waals surface area (Å²) in [6.45, 7) is 0. The molecule has 1 aliphatic heterocycles. The van der Waals surface area contributed by atoms with E-state index < -0.39 is 0 Å². The van der Waals surface area contributed by atoms with E-state index in [-0.39, 0.29) is 17.6 Å². The number of carbonyl (C=O) groups excluding carboxylic acids is 1. The molecule has 1 aromatic heterocycles. The van der Waals surface area contributed by atoms with Gasteiger partial charge in [-0.1, -0.05) is 12.1 Å². The number of ether oxygens (including phenoxy) is 1. The number of Topliss-reactive ketones (excluding diaryl/α,β-unsaturated/α-hetero) is 1. The average Bonchev–Trinajstić information content (AvgIpc) is 3.17. The third-order valence-corrected chi connectivity index (χ3v) is 5.43. The van der Waals surface area contributed by atoms with Crippen molar-refractivity contribution in [2.45, 2.75) is 25.3 Å². The van der Waals surface area contributed by atoms with Gasteiger partial charge in [0.05, 0.1) is 7.11 Å². The molecule has 5 rings (SSSR count). The highest BCUT2D eigenvalue weighted by atomic mass is 16.5. The molecule has 1 aliphatic carbocycles. The lowest BCUT2D eigenvalue weighted by Gasteiger charge is -2.32. The number of hydrogen-bond acceptors (Lipinski definition) is 6. The van der Waals surface area contributed by atoms with E-state index >= 15 is 0 Å². The van der Waals surface area contributed by atoms with Gasteiger partial charge in [0.2, 0.25) is 5.95 Å². The van der Waals surface area contributed by atoms with E-state index in [1.807, 2.05) is 36.4 Å². The van der Waals surface area contributed by atoms with Crippen LogP contribution in [0.4, 0.5) is 5.95 Å². The number of allylic oxidation sites excluding steroid dienone is 2. The topological polar surface area (TPSA) is 89.3 Å². The fraction of sp³-hybridized carbons (Fsp3) is 0.227. The number of benzene rings is 2. The maximum Gasteiger partial charge on any atom is 0.226 e. The lowest BCUT2D eigenvalue weighted by molar-refractivity contribution is -0.116. The molecule has 0 saturated heterocycles. The SMILES string of the molecule is COc1ccc(-c2nc3n(n2)C(c2ccc(O)cc2)C2=C(CCCC2=O)N3)cc1. The van der Waals surface area contributed by atoms with Crippen LogP contribution in [0.2, 0.25) is 0 Å². The van der Waals surface area contributed by atoms with Gasteiger partial charge in [0.25, 0.3) is 0 Å². The predicted octanol–water partition coefficient (Wildman–Crippen LogP) is 3.68. The van der Waals surface area contributed by atoms with Crippen LogP contribution in [-0.2, 0) is 4.79 Å². The quantitative estimate of drug-likeness (QED) is 0.711. The number of hydrogen-bond donors (Lipinski definition) is 2. The Hall–Kier alpha value is -3.61. The van der Waals surface area contributed by atoms with Crippen LogP contribution in [0.5, 0.6) is 11.5 Å². The van der Waals surface area contributed by atoms with Gasteiger partial charge in [0, 0.05) is 23.3 Å². The number of methoxy groups -OCH3 is 1. The lowest BCUT2D eigenvalue weighted by Crippen LogP contribution is -2.31. The first-order chi connectivity index (χ1) is 14.1. The summed E-state index contributed by atoms with van der Waals surface area (Å²) in [5.41, 5.74) is 3.41. The number of nitrogens with one attached hydrogen (secondary N) is 1. The molecule has 2 aromatic carbocycles. The number of phenols is 1. The summed E-state index contributed by atoms with van der Waals surface area (Å²) in [6.07, 6.45) is 2.16. The first kappa shape index (κ1) is 17.5. The summed E-state index contributed by atoms with van der Waals surface area (Å²) in [5.74, 6) is 2.27. The van der Waals surface area contributed by atoms with Crippen LogP contribution in [0.3, 0.4) is 0 Å². The lowest BCUT2D eigenvalue weighted by atomic mass is 9.85. The van der Waals surface area contributed by atoms with Crippen molar-refractivity contribution in [1.82, 2.24) is 14.8 Å². The summed E-state index contributed by atoms with van der Waals surface area (Å²) in [7, 11) is 1.63. The normalized spacial score (nSPS) is 18.1. The molecule has 0 amide bonds. The van der Waals surface area contributed by atoms with Gasteiger partial charge in [-0.05, 0) is 54.8 Å². The monoisotopic (exact) mass is 388 g/mol. The Labute approximate surface area is 167 Å². The Morgan fingerprint density at radius 3 is 2.59 bits per heavy atom. The highest BCUT2D eigenvalue weighted by Gasteiger charge is 2.36. The molecule has 7 heteroatoms. The van der Waals surface area contributed by atoms with Gasteiger partial charge < -0.3 is 15.2 Å². The maximum atomic E-state index is 12.8. The Balaban J connectivity index is 1.63. The van der Waals surface area contributed by atoms with E-state index in [0.717, 1.165) is 41.0 Å². The molecule has 29 heavy (non-hydrogen) atoms. The minimum atomic E-state index is -0.367. The van der Waals surface area contributed by atoms with Crippen molar-refractivity contribution in [3.05, 3.63) is 65.4 Å². The first-order valence-electron chi connectivity index (χ1n) is 9.57. The number of ketones is 1. The molecule has 2 N–H and O–H groups in total. The highest BCUT2D eigenvalue weighted by Crippen LogP contribution is 2.40. The summed E-state index contributed by atoms with van der Waals surface area (Å²) >= 11 is 0. The second-order valence-corrected chi connectivity index (χ2v) is 7.22. The van der Waals surface area contributed by atoms with Gasteiger partial charge in [-0.2, -0.15) is 4.98 Å². The average molecular weight is 388 g/mol. The van der Waals surface area contributed by atoms with Gasteiger partial charge >= 0.3 is 0 Å². The molecule has 2 aliphatic rings. The summed E-state index contributed by atoms with van der Waals surface area (Å²) in [6, 6.07) is 14.1. The van der Waals surface area contributed by atoms with Crippen LogP contribution >= 0.6 is 0 Å². The number of aromatic nitrogens is 3. The Morgan fingerprint density at radius 2 is 1.86 bits per heavy atom. The Bertz CT molecular complexity index is 1110. The van der Waals surface area contributed by atoms with Crippen molar-refractivity contribution in [2.24, 2.45) is 0 Å². The molecule has 1 unspecified atom stereocenters. The third kappa shape index (κ3) is 2.95. The fourth-order valence-corrected chi connectivity index (χ4v) is 3.98. The second-order valence-electron chi connectivity index (χ2n) is 7.22. The molecule has 0 spiro atoms. The van der Waals surface area contributed by atoms with E-state index in [0.29, 0.717) is 18.2 Å². The fourth-order valence-electron chi connectivity index (χ4n) is 3.98. The largest absolute Gasteiger partial charge is 0.508 e. The molecule has 7 nitrogen and oxygen atoms in total. The summed E-state index contributed by atoms with van der Waals surface area (Å²) in [4.78, 5) is 17.5. The molecular formula is C22H20N4O3. The minimum Gasteiger partial charge on any atom is -0.508 e. The Morgan fingerprint density at radius 1 is 1.10 bits per heavy atom. The van der Waals surface area contributed by atoms with E-state index in [2.05, 4.69) is 5.32 Å². The molecule has 0 bridgehead atoms. The van der Waals surface area contributed by atoms with Crippen LogP contribution in [-0.4, -0.2) is 32.8 Å². The van der Waals surface area contributed by atoms with E-state index in [1.165, 1.54) is 0 Å². The van der Waals surface area contributed by atoms with Crippen molar-refractivity contribution in [2.75, 3.05) is 12.4 Å². The standard InChI is InChI=1S/C22H20N4O3/c1-29-16-11-7-14(8-12-16)21-24-22-23-17-3-2-4-18(28)19(17)20(26(22)25-21)13-5-9-15(27)10-6-13/h5-12,20,27H,2-4H2,1H3,(H,23,24,25). The van der Waals surface area contributed by atoms with Crippen molar-refractivity contribution in [1.29, 1.82) is 0 Å². The molecule has 0 radical (unpaired) electrons. The minimum absolute atomic E-state index is 0.129. The zero-order chi connectivity index (χ0) is 20.0. The molecule has 2 heterocycles. The smallest absolute Gasteiger partial charge is 0.226 e. The van der Waals surface area contributed by atoms with Gasteiger partial charge in [-0.15, -0.1) is 5.10 Å². The Kier molecular flexibility index (Phi) is 4.08. The number of aromatic hydroxyl groups is 1. The molecule has 1 atom stereocenters. The zero-order valence-corrected chi connectivity index (χ0v) is 15.9. The van der Waals surface area contributed by atoms with E-state index in [9.17, 15) is 9.90 Å². The predicted molar refractivity (Wildman–Crippen MR) is 108 cm³/mol. The van der Waals surface area contributed by atoms with Crippen molar-refractivity contribution in [3.8, 4) is 22.9 Å². The van der Waals surface area contributed by atoms with Crippen LogP contribution < -0.4 is 10.1 Å². The molecule has 0 saturated carbocycles. The van der Waals surface area contributed by atoms with Crippen LogP contribution in [0, 0.1) is 0 Å². The first-order valence-corrected chi connectivity index (χ1v) is 9.57. The molecule has 0 fully saturated rings. The molecule has 146 valence electrons. The number of rotatable bonds is 3. The van der Waals surface area contributed by atoms with Crippen molar-refractivity contribution in [3.63, 3.8) is 0 Å². The van der Waals surface area contributed by atoms with Crippen molar-refractivity contribution < 1.29 is 14.6 Å². The molecule has 3 aromatic rings. The number of nitrogens with zero attached hydrogens (tertiary/aromatic N) is 3. The van der Waals surface area contributed by atoms with E-state index in [1.54, 1.807) is 23.9 Å². The number of carbonyl (C=O) groups is 1. The van der Waals surface area contributed by atoms with E-state index in [4.69, 9.17) is 14.8 Å². The van der Waals surface area contributed by atoms with Crippen LogP contribution in [0.15, 0.2) is 59.8 Å². The summed E-state index contributed by atoms with van der Waals surface area (Å²) in [5, 5.41) is 17.8.